The number of fused-ring (bicyclic) bond motifs is 1. The van der Waals surface area contributed by atoms with E-state index in [4.69, 9.17) is 0 Å². The third-order valence-corrected chi connectivity index (χ3v) is 2.88. The SMILES string of the molecule is CCC(C)NC(=O)c1c[nH]c2ccc(F)cc12. The van der Waals surface area contributed by atoms with Gasteiger partial charge in [0, 0.05) is 23.1 Å². The summed E-state index contributed by atoms with van der Waals surface area (Å²) in [6.07, 6.45) is 2.48. The lowest BCUT2D eigenvalue weighted by atomic mass is 10.1. The fourth-order valence-corrected chi connectivity index (χ4v) is 1.68. The van der Waals surface area contributed by atoms with Gasteiger partial charge in [-0.25, -0.2) is 4.39 Å². The largest absolute Gasteiger partial charge is 0.360 e. The number of halogens is 1. The van der Waals surface area contributed by atoms with Crippen molar-refractivity contribution in [1.29, 1.82) is 0 Å². The number of carbonyl (C=O) groups is 1. The van der Waals surface area contributed by atoms with Crippen LogP contribution in [0.2, 0.25) is 0 Å². The molecule has 0 saturated heterocycles. The van der Waals surface area contributed by atoms with Crippen molar-refractivity contribution in [2.24, 2.45) is 0 Å². The van der Waals surface area contributed by atoms with E-state index in [1.165, 1.54) is 12.1 Å². The van der Waals surface area contributed by atoms with E-state index in [0.717, 1.165) is 11.9 Å². The van der Waals surface area contributed by atoms with Gasteiger partial charge < -0.3 is 10.3 Å². The highest BCUT2D eigenvalue weighted by Gasteiger charge is 2.13. The minimum Gasteiger partial charge on any atom is -0.360 e. The number of rotatable bonds is 3. The maximum absolute atomic E-state index is 13.1. The van der Waals surface area contributed by atoms with Gasteiger partial charge >= 0.3 is 0 Å². The van der Waals surface area contributed by atoms with Gasteiger partial charge in [-0.05, 0) is 31.5 Å². The van der Waals surface area contributed by atoms with Crippen LogP contribution in [-0.2, 0) is 0 Å². The van der Waals surface area contributed by atoms with Crippen molar-refractivity contribution < 1.29 is 9.18 Å². The number of hydrogen-bond acceptors (Lipinski definition) is 1. The van der Waals surface area contributed by atoms with Gasteiger partial charge in [-0.15, -0.1) is 0 Å². The Hall–Kier alpha value is -1.84. The Balaban J connectivity index is 2.35. The first-order valence-electron chi connectivity index (χ1n) is 5.69. The first-order chi connectivity index (χ1) is 8.11. The number of amides is 1. The first-order valence-corrected chi connectivity index (χ1v) is 5.69. The lowest BCUT2D eigenvalue weighted by Gasteiger charge is -2.10. The van der Waals surface area contributed by atoms with Gasteiger partial charge in [-0.3, -0.25) is 4.79 Å². The van der Waals surface area contributed by atoms with Gasteiger partial charge in [-0.2, -0.15) is 0 Å². The Kier molecular flexibility index (Phi) is 3.13. The van der Waals surface area contributed by atoms with E-state index in [9.17, 15) is 9.18 Å². The van der Waals surface area contributed by atoms with Crippen LogP contribution in [0.3, 0.4) is 0 Å². The van der Waals surface area contributed by atoms with E-state index in [2.05, 4.69) is 10.3 Å². The summed E-state index contributed by atoms with van der Waals surface area (Å²) < 4.78 is 13.1. The summed E-state index contributed by atoms with van der Waals surface area (Å²) in [5, 5.41) is 3.48. The highest BCUT2D eigenvalue weighted by Crippen LogP contribution is 2.19. The van der Waals surface area contributed by atoms with Gasteiger partial charge in [0.1, 0.15) is 5.82 Å². The number of benzene rings is 1. The highest BCUT2D eigenvalue weighted by molar-refractivity contribution is 6.06. The maximum atomic E-state index is 13.1. The third kappa shape index (κ3) is 2.30. The number of H-pyrrole nitrogens is 1. The average molecular weight is 234 g/mol. The second-order valence-corrected chi connectivity index (χ2v) is 4.18. The van der Waals surface area contributed by atoms with Crippen molar-refractivity contribution in [2.75, 3.05) is 0 Å². The molecule has 0 aliphatic heterocycles. The van der Waals surface area contributed by atoms with Crippen LogP contribution in [0.25, 0.3) is 10.9 Å². The molecule has 1 amide bonds. The van der Waals surface area contributed by atoms with Crippen molar-refractivity contribution in [3.05, 3.63) is 35.8 Å². The Morgan fingerprint density at radius 2 is 2.29 bits per heavy atom. The molecule has 0 fully saturated rings. The van der Waals surface area contributed by atoms with Crippen molar-refractivity contribution in [3.63, 3.8) is 0 Å². The van der Waals surface area contributed by atoms with Crippen molar-refractivity contribution in [1.82, 2.24) is 10.3 Å². The fourth-order valence-electron chi connectivity index (χ4n) is 1.68. The van der Waals surface area contributed by atoms with Gasteiger partial charge in [0.25, 0.3) is 5.91 Å². The summed E-state index contributed by atoms with van der Waals surface area (Å²) in [7, 11) is 0. The number of aromatic amines is 1. The quantitative estimate of drug-likeness (QED) is 0.842. The van der Waals surface area contributed by atoms with Gasteiger partial charge in [-0.1, -0.05) is 6.92 Å². The lowest BCUT2D eigenvalue weighted by molar-refractivity contribution is 0.0941. The van der Waals surface area contributed by atoms with Crippen LogP contribution in [-0.4, -0.2) is 16.9 Å². The smallest absolute Gasteiger partial charge is 0.253 e. The predicted molar refractivity (Wildman–Crippen MR) is 65.5 cm³/mol. The minimum absolute atomic E-state index is 0.112. The summed E-state index contributed by atoms with van der Waals surface area (Å²) in [6.45, 7) is 3.94. The molecule has 0 aliphatic rings. The monoisotopic (exact) mass is 234 g/mol. The van der Waals surface area contributed by atoms with Crippen LogP contribution < -0.4 is 5.32 Å². The van der Waals surface area contributed by atoms with Crippen LogP contribution in [0, 0.1) is 5.82 Å². The van der Waals surface area contributed by atoms with E-state index in [-0.39, 0.29) is 17.8 Å². The standard InChI is InChI=1S/C13H15FN2O/c1-3-8(2)16-13(17)11-7-15-12-5-4-9(14)6-10(11)12/h4-8,15H,3H2,1-2H3,(H,16,17). The molecule has 0 saturated carbocycles. The molecule has 1 aromatic carbocycles. The van der Waals surface area contributed by atoms with Crippen molar-refractivity contribution in [2.45, 2.75) is 26.3 Å². The van der Waals surface area contributed by atoms with E-state index in [1.807, 2.05) is 13.8 Å². The molecule has 3 nitrogen and oxygen atoms in total. The zero-order valence-electron chi connectivity index (χ0n) is 9.88. The van der Waals surface area contributed by atoms with Crippen molar-refractivity contribution in [3.8, 4) is 0 Å². The normalized spacial score (nSPS) is 12.6. The molecule has 1 heterocycles. The molecule has 0 spiro atoms. The van der Waals surface area contributed by atoms with Crippen LogP contribution >= 0.6 is 0 Å². The maximum Gasteiger partial charge on any atom is 0.253 e. The molecular weight excluding hydrogens is 219 g/mol. The van der Waals surface area contributed by atoms with E-state index in [1.54, 1.807) is 12.3 Å². The molecule has 2 N–H and O–H groups in total. The molecule has 1 aromatic heterocycles. The Labute approximate surface area is 99.0 Å². The van der Waals surface area contributed by atoms with E-state index >= 15 is 0 Å². The van der Waals surface area contributed by atoms with Crippen LogP contribution in [0.1, 0.15) is 30.6 Å². The van der Waals surface area contributed by atoms with Crippen LogP contribution in [0.15, 0.2) is 24.4 Å². The zero-order valence-corrected chi connectivity index (χ0v) is 9.88. The Morgan fingerprint density at radius 3 is 3.00 bits per heavy atom. The molecule has 2 rings (SSSR count). The summed E-state index contributed by atoms with van der Waals surface area (Å²) >= 11 is 0. The van der Waals surface area contributed by atoms with Gasteiger partial charge in [0.2, 0.25) is 0 Å². The Morgan fingerprint density at radius 1 is 1.53 bits per heavy atom. The molecule has 0 bridgehead atoms. The molecule has 1 atom stereocenters. The van der Waals surface area contributed by atoms with Crippen LogP contribution in [0.5, 0.6) is 0 Å². The molecule has 4 heteroatoms. The number of aromatic nitrogens is 1. The molecular formula is C13H15FN2O. The fraction of sp³-hybridized carbons (Fsp3) is 0.308. The predicted octanol–water partition coefficient (Wildman–Crippen LogP) is 2.84. The number of hydrogen-bond donors (Lipinski definition) is 2. The summed E-state index contributed by atoms with van der Waals surface area (Å²) in [5.41, 5.74) is 1.25. The first kappa shape index (κ1) is 11.6. The van der Waals surface area contributed by atoms with Crippen LogP contribution in [0.4, 0.5) is 4.39 Å². The molecule has 0 radical (unpaired) electrons. The number of nitrogens with one attached hydrogen (secondary N) is 2. The molecule has 17 heavy (non-hydrogen) atoms. The zero-order chi connectivity index (χ0) is 12.4. The summed E-state index contributed by atoms with van der Waals surface area (Å²) in [6, 6.07) is 4.48. The second kappa shape index (κ2) is 4.57. The van der Waals surface area contributed by atoms with E-state index in [0.29, 0.717) is 10.9 Å². The molecule has 0 aliphatic carbocycles. The lowest BCUT2D eigenvalue weighted by Crippen LogP contribution is -2.31. The molecule has 2 aromatic rings. The third-order valence-electron chi connectivity index (χ3n) is 2.88. The molecule has 90 valence electrons. The second-order valence-electron chi connectivity index (χ2n) is 4.18. The van der Waals surface area contributed by atoms with Crippen molar-refractivity contribution >= 4 is 16.8 Å². The number of carbonyl (C=O) groups excluding carboxylic acids is 1. The molecule has 1 unspecified atom stereocenters. The average Bonchev–Trinajstić information content (AvgIpc) is 2.71. The Bertz CT molecular complexity index is 547. The summed E-state index contributed by atoms with van der Waals surface area (Å²) in [5.74, 6) is -0.508. The minimum atomic E-state index is -0.338. The summed E-state index contributed by atoms with van der Waals surface area (Å²) in [4.78, 5) is 14.9. The highest BCUT2D eigenvalue weighted by atomic mass is 19.1. The van der Waals surface area contributed by atoms with Gasteiger partial charge in [0.05, 0.1) is 5.56 Å². The van der Waals surface area contributed by atoms with E-state index < -0.39 is 0 Å². The van der Waals surface area contributed by atoms with Gasteiger partial charge in [0.15, 0.2) is 0 Å². The topological polar surface area (TPSA) is 44.9 Å².